The number of rotatable bonds is 9. The van der Waals surface area contributed by atoms with Gasteiger partial charge in [-0.1, -0.05) is 64.8 Å². The van der Waals surface area contributed by atoms with Crippen LogP contribution in [0.25, 0.3) is 21.9 Å². The van der Waals surface area contributed by atoms with Crippen molar-refractivity contribution in [1.29, 1.82) is 5.41 Å². The number of thioether (sulfide) groups is 1. The van der Waals surface area contributed by atoms with Crippen molar-refractivity contribution in [3.63, 3.8) is 0 Å². The molecule has 0 atom stereocenters. The van der Waals surface area contributed by atoms with Crippen LogP contribution >= 0.6 is 11.8 Å². The summed E-state index contributed by atoms with van der Waals surface area (Å²) in [6.07, 6.45) is 6.79. The van der Waals surface area contributed by atoms with Crippen molar-refractivity contribution >= 4 is 34.6 Å². The molecule has 0 radical (unpaired) electrons. The van der Waals surface area contributed by atoms with Gasteiger partial charge in [-0.2, -0.15) is 11.8 Å². The zero-order valence-corrected chi connectivity index (χ0v) is 22.1. The number of aromatic nitrogens is 1. The number of fused-ring (bicyclic) bond motifs is 1. The smallest absolute Gasteiger partial charge is 0.131 e. The van der Waals surface area contributed by atoms with Crippen LogP contribution in [0.3, 0.4) is 0 Å². The van der Waals surface area contributed by atoms with E-state index >= 15 is 0 Å². The summed E-state index contributed by atoms with van der Waals surface area (Å²) in [4.78, 5) is 4.58. The number of nitrogens with one attached hydrogen (secondary N) is 1. The summed E-state index contributed by atoms with van der Waals surface area (Å²) >= 11 is 2.10. The molecule has 0 saturated carbocycles. The lowest BCUT2D eigenvalue weighted by molar-refractivity contribution is 0.628. The maximum absolute atomic E-state index is 13.3. The van der Waals surface area contributed by atoms with Gasteiger partial charge in [0.15, 0.2) is 0 Å². The predicted molar refractivity (Wildman–Crippen MR) is 151 cm³/mol. The number of anilines is 1. The molecule has 2 aromatic carbocycles. The van der Waals surface area contributed by atoms with Gasteiger partial charge >= 0.3 is 0 Å². The summed E-state index contributed by atoms with van der Waals surface area (Å²) in [7, 11) is 1.50. The number of hydrogen-bond donors (Lipinski definition) is 3. The van der Waals surface area contributed by atoms with E-state index in [1.165, 1.54) is 62.6 Å². The third-order valence-electron chi connectivity index (χ3n) is 5.22. The molecule has 1 heterocycles. The molecule has 3 rings (SSSR count). The van der Waals surface area contributed by atoms with Crippen LogP contribution in [0.4, 0.5) is 10.2 Å². The van der Waals surface area contributed by atoms with E-state index in [0.29, 0.717) is 5.82 Å². The summed E-state index contributed by atoms with van der Waals surface area (Å²) in [5.74, 6) is 3.12. The number of nitrogens with zero attached hydrogens (tertiary/aromatic N) is 1. The van der Waals surface area contributed by atoms with Crippen molar-refractivity contribution in [2.24, 2.45) is 5.73 Å². The molecule has 3 aromatic rings. The molecule has 34 heavy (non-hydrogen) atoms. The lowest BCUT2D eigenvalue weighted by Crippen LogP contribution is -2.03. The highest BCUT2D eigenvalue weighted by Gasteiger charge is 2.17. The van der Waals surface area contributed by atoms with Crippen LogP contribution in [0.5, 0.6) is 0 Å². The van der Waals surface area contributed by atoms with Gasteiger partial charge in [-0.05, 0) is 72.0 Å². The van der Waals surface area contributed by atoms with Crippen molar-refractivity contribution in [3.8, 4) is 11.1 Å². The Morgan fingerprint density at radius 1 is 0.971 bits per heavy atom. The van der Waals surface area contributed by atoms with Crippen molar-refractivity contribution < 1.29 is 4.39 Å². The second-order valence-corrected chi connectivity index (χ2v) is 9.41. The third kappa shape index (κ3) is 8.73. The molecule has 0 saturated heterocycles. The molecule has 0 amide bonds. The fourth-order valence-electron chi connectivity index (χ4n) is 3.40. The number of halogens is 1. The van der Waals surface area contributed by atoms with E-state index in [1.807, 2.05) is 18.2 Å². The summed E-state index contributed by atoms with van der Waals surface area (Å²) in [5, 5.41) is 9.28. The molecule has 5 N–H and O–H groups in total. The summed E-state index contributed by atoms with van der Waals surface area (Å²) in [5.41, 5.74) is 14.2. The molecular formula is C28H41FN4S. The first-order chi connectivity index (χ1) is 16.4. The van der Waals surface area contributed by atoms with E-state index in [0.717, 1.165) is 33.2 Å². The zero-order chi connectivity index (χ0) is 25.5. The first-order valence-electron chi connectivity index (χ1n) is 12.1. The van der Waals surface area contributed by atoms with Gasteiger partial charge in [-0.25, -0.2) is 9.37 Å². The third-order valence-corrected chi connectivity index (χ3v) is 6.37. The lowest BCUT2D eigenvalue weighted by Gasteiger charge is -2.17. The van der Waals surface area contributed by atoms with Crippen molar-refractivity contribution in [1.82, 2.24) is 4.98 Å². The van der Waals surface area contributed by atoms with Gasteiger partial charge in [0.05, 0.1) is 5.69 Å². The Balaban J connectivity index is 0.000000446. The SMILES string of the molecule is CC(C)c1nc(N)c2ccc(C=N)cc2c1-c1ccc(F)cc1.CCCCSCCCC.CN. The van der Waals surface area contributed by atoms with E-state index in [-0.39, 0.29) is 11.7 Å². The standard InChI is InChI=1S/C19H18FN3.C8H18S.CH5N/c1-11(2)18-17(13-4-6-14(20)7-5-13)16-9-12(10-21)3-8-15(16)19(22)23-18;1-3-5-7-9-8-6-4-2;1-2/h3-11,21H,1-2H3,(H2,22,23);3-8H2,1-2H3;2H2,1H3. The second-order valence-electron chi connectivity index (χ2n) is 8.19. The summed E-state index contributed by atoms with van der Waals surface area (Å²) in [6, 6.07) is 12.1. The number of nitrogens with two attached hydrogens (primary N) is 2. The Bertz CT molecular complexity index is 997. The van der Waals surface area contributed by atoms with Gasteiger partial charge in [0.2, 0.25) is 0 Å². The van der Waals surface area contributed by atoms with Crippen molar-refractivity contribution in [2.45, 2.75) is 59.3 Å². The second kappa shape index (κ2) is 16.2. The number of unbranched alkanes of at least 4 members (excludes halogenated alkanes) is 2. The van der Waals surface area contributed by atoms with E-state index in [2.05, 4.69) is 50.2 Å². The Morgan fingerprint density at radius 2 is 1.56 bits per heavy atom. The Kier molecular flexibility index (Phi) is 14.1. The minimum atomic E-state index is -0.271. The van der Waals surface area contributed by atoms with Crippen LogP contribution in [0.15, 0.2) is 42.5 Å². The predicted octanol–water partition coefficient (Wildman–Crippen LogP) is 7.64. The van der Waals surface area contributed by atoms with Crippen molar-refractivity contribution in [3.05, 3.63) is 59.5 Å². The Hall–Kier alpha value is -2.44. The number of hydrogen-bond acceptors (Lipinski definition) is 5. The summed E-state index contributed by atoms with van der Waals surface area (Å²) < 4.78 is 13.3. The molecule has 0 aliphatic rings. The van der Waals surface area contributed by atoms with Gasteiger partial charge in [-0.3, -0.25) is 0 Å². The fraction of sp³-hybridized carbons (Fsp3) is 0.429. The Morgan fingerprint density at radius 3 is 2.06 bits per heavy atom. The fourth-order valence-corrected chi connectivity index (χ4v) is 4.59. The molecule has 4 nitrogen and oxygen atoms in total. The molecule has 1 aromatic heterocycles. The average molecular weight is 485 g/mol. The molecule has 186 valence electrons. The van der Waals surface area contributed by atoms with Crippen LogP contribution in [-0.4, -0.2) is 29.8 Å². The molecule has 0 unspecified atom stereocenters. The Labute approximate surface area is 209 Å². The summed E-state index contributed by atoms with van der Waals surface area (Å²) in [6.45, 7) is 8.61. The minimum Gasteiger partial charge on any atom is -0.383 e. The first kappa shape index (κ1) is 29.6. The van der Waals surface area contributed by atoms with Gasteiger partial charge in [0.1, 0.15) is 11.6 Å². The minimum absolute atomic E-state index is 0.172. The van der Waals surface area contributed by atoms with E-state index in [4.69, 9.17) is 11.1 Å². The van der Waals surface area contributed by atoms with Gasteiger partial charge < -0.3 is 16.9 Å². The normalized spacial score (nSPS) is 10.4. The maximum atomic E-state index is 13.3. The quantitative estimate of drug-likeness (QED) is 0.215. The highest BCUT2D eigenvalue weighted by Crippen LogP contribution is 2.37. The molecule has 6 heteroatoms. The van der Waals surface area contributed by atoms with Crippen molar-refractivity contribution in [2.75, 3.05) is 24.3 Å². The number of nitrogen functional groups attached to an aromatic ring is 1. The van der Waals surface area contributed by atoms with Gasteiger partial charge in [-0.15, -0.1) is 0 Å². The largest absolute Gasteiger partial charge is 0.383 e. The number of pyridine rings is 1. The van der Waals surface area contributed by atoms with E-state index < -0.39 is 0 Å². The molecule has 0 fully saturated rings. The van der Waals surface area contributed by atoms with Crippen LogP contribution in [0.1, 0.15) is 70.6 Å². The molecule has 0 aliphatic carbocycles. The maximum Gasteiger partial charge on any atom is 0.131 e. The van der Waals surface area contributed by atoms with Gasteiger partial charge in [0.25, 0.3) is 0 Å². The molecular weight excluding hydrogens is 443 g/mol. The van der Waals surface area contributed by atoms with E-state index in [1.54, 1.807) is 12.1 Å². The molecule has 0 bridgehead atoms. The monoisotopic (exact) mass is 484 g/mol. The van der Waals surface area contributed by atoms with Crippen LogP contribution in [0.2, 0.25) is 0 Å². The molecule has 0 spiro atoms. The molecule has 0 aliphatic heterocycles. The average Bonchev–Trinajstić information content (AvgIpc) is 2.86. The van der Waals surface area contributed by atoms with Crippen LogP contribution < -0.4 is 11.5 Å². The van der Waals surface area contributed by atoms with Gasteiger partial charge in [0, 0.05) is 17.2 Å². The highest BCUT2D eigenvalue weighted by atomic mass is 32.2. The first-order valence-corrected chi connectivity index (χ1v) is 13.2. The lowest BCUT2D eigenvalue weighted by atomic mass is 9.91. The van der Waals surface area contributed by atoms with Crippen LogP contribution in [-0.2, 0) is 0 Å². The topological polar surface area (TPSA) is 88.8 Å². The van der Waals surface area contributed by atoms with E-state index in [9.17, 15) is 4.39 Å². The number of benzene rings is 2. The highest BCUT2D eigenvalue weighted by molar-refractivity contribution is 7.99. The zero-order valence-electron chi connectivity index (χ0n) is 21.3. The van der Waals surface area contributed by atoms with Crippen LogP contribution in [0, 0.1) is 11.2 Å².